The van der Waals surface area contributed by atoms with Gasteiger partial charge >= 0.3 is 0 Å². The maximum atomic E-state index is 12.6. The molecule has 1 aliphatic rings. The average Bonchev–Trinajstić information content (AvgIpc) is 2.69. The van der Waals surface area contributed by atoms with Gasteiger partial charge in [0, 0.05) is 5.02 Å². The van der Waals surface area contributed by atoms with Crippen molar-refractivity contribution in [1.82, 2.24) is 4.90 Å². The Bertz CT molecular complexity index is 771. The van der Waals surface area contributed by atoms with E-state index in [9.17, 15) is 4.79 Å². The molecule has 142 valence electrons. The molecule has 2 aromatic rings. The molecule has 0 spiro atoms. The van der Waals surface area contributed by atoms with E-state index >= 15 is 0 Å². The first-order chi connectivity index (χ1) is 13.1. The summed E-state index contributed by atoms with van der Waals surface area (Å²) in [5.41, 5.74) is 1.22. The molecule has 3 rings (SSSR count). The third-order valence-corrected chi connectivity index (χ3v) is 4.99. The largest absolute Gasteiger partial charge is 0.481 e. The third-order valence-electron chi connectivity index (χ3n) is 4.76. The van der Waals surface area contributed by atoms with Crippen molar-refractivity contribution in [2.45, 2.75) is 13.0 Å². The Morgan fingerprint density at radius 3 is 2.63 bits per heavy atom. The summed E-state index contributed by atoms with van der Waals surface area (Å²) in [6.07, 6.45) is 3.86. The molecule has 2 aromatic carbocycles. The normalized spacial score (nSPS) is 16.4. The highest BCUT2D eigenvalue weighted by Gasteiger charge is 2.27. The van der Waals surface area contributed by atoms with Crippen LogP contribution in [-0.4, -0.2) is 49.6 Å². The van der Waals surface area contributed by atoms with Gasteiger partial charge in [-0.15, -0.1) is 0 Å². The first kappa shape index (κ1) is 19.5. The Balaban J connectivity index is 1.44. The van der Waals surface area contributed by atoms with Crippen molar-refractivity contribution < 1.29 is 14.4 Å². The zero-order valence-electron chi connectivity index (χ0n) is 15.6. The molecule has 0 aliphatic carbocycles. The summed E-state index contributed by atoms with van der Waals surface area (Å²) in [5.74, 6) is 0.660. The van der Waals surface area contributed by atoms with Gasteiger partial charge in [-0.3, -0.25) is 4.79 Å². The molecule has 1 heterocycles. The van der Waals surface area contributed by atoms with Gasteiger partial charge in [-0.25, -0.2) is 0 Å². The van der Waals surface area contributed by atoms with Gasteiger partial charge in [-0.1, -0.05) is 54.1 Å². The number of benzene rings is 2. The summed E-state index contributed by atoms with van der Waals surface area (Å²) in [7, 11) is 0. The molecule has 1 N–H and O–H groups in total. The van der Waals surface area contributed by atoms with Gasteiger partial charge in [0.15, 0.2) is 6.10 Å². The summed E-state index contributed by atoms with van der Waals surface area (Å²) >= 11 is 5.97. The van der Waals surface area contributed by atoms with Crippen molar-refractivity contribution >= 4 is 23.6 Å². The predicted octanol–water partition coefficient (Wildman–Crippen LogP) is 2.55. The number of nitrogens with one attached hydrogen (secondary N) is 1. The monoisotopic (exact) mass is 385 g/mol. The van der Waals surface area contributed by atoms with Crippen LogP contribution in [-0.2, 0) is 4.79 Å². The molecule has 0 bridgehead atoms. The van der Waals surface area contributed by atoms with E-state index in [2.05, 4.69) is 24.3 Å². The summed E-state index contributed by atoms with van der Waals surface area (Å²) < 4.78 is 5.76. The minimum atomic E-state index is -0.511. The SMILES string of the molecule is C[C@@H](Oc1cccc(Cl)c1)C(=O)N1CC[NH+](C/C=C/c2ccccc2)CC1. The highest BCUT2D eigenvalue weighted by Crippen LogP contribution is 2.18. The van der Waals surface area contributed by atoms with Crippen LogP contribution in [0.3, 0.4) is 0 Å². The van der Waals surface area contributed by atoms with E-state index in [-0.39, 0.29) is 5.91 Å². The number of hydrogen-bond acceptors (Lipinski definition) is 2. The van der Waals surface area contributed by atoms with Crippen molar-refractivity contribution in [3.8, 4) is 5.75 Å². The van der Waals surface area contributed by atoms with Crippen LogP contribution in [0.1, 0.15) is 12.5 Å². The number of ether oxygens (including phenoxy) is 1. The number of rotatable bonds is 6. The Morgan fingerprint density at radius 2 is 1.93 bits per heavy atom. The van der Waals surface area contributed by atoms with E-state index in [1.54, 1.807) is 19.1 Å². The minimum absolute atomic E-state index is 0.0360. The summed E-state index contributed by atoms with van der Waals surface area (Å²) in [6, 6.07) is 17.5. The van der Waals surface area contributed by atoms with Crippen LogP contribution in [0, 0.1) is 0 Å². The zero-order chi connectivity index (χ0) is 19.1. The highest BCUT2D eigenvalue weighted by molar-refractivity contribution is 6.30. The number of quaternary nitrogens is 1. The molecule has 27 heavy (non-hydrogen) atoms. The first-order valence-corrected chi connectivity index (χ1v) is 9.76. The van der Waals surface area contributed by atoms with E-state index in [0.717, 1.165) is 32.7 Å². The fourth-order valence-electron chi connectivity index (χ4n) is 3.23. The maximum Gasteiger partial charge on any atom is 0.263 e. The quantitative estimate of drug-likeness (QED) is 0.829. The lowest BCUT2D eigenvalue weighted by Gasteiger charge is -2.33. The molecular formula is C22H26ClN2O2+. The standard InChI is InChI=1S/C22H25ClN2O2/c1-18(27-21-11-5-10-20(23)17-21)22(26)25-15-13-24(14-16-25)12-6-9-19-7-3-2-4-8-19/h2-11,17-18H,12-16H2,1H3/p+1/b9-6+/t18-/m1/s1. The number of hydrogen-bond donors (Lipinski definition) is 1. The van der Waals surface area contributed by atoms with Gasteiger partial charge in [0.1, 0.15) is 5.75 Å². The fourth-order valence-corrected chi connectivity index (χ4v) is 3.41. The molecule has 1 fully saturated rings. The number of piperazine rings is 1. The molecule has 0 aromatic heterocycles. The van der Waals surface area contributed by atoms with Crippen LogP contribution < -0.4 is 9.64 Å². The van der Waals surface area contributed by atoms with Crippen molar-refractivity contribution in [2.75, 3.05) is 32.7 Å². The Labute approximate surface area is 166 Å². The van der Waals surface area contributed by atoms with Gasteiger partial charge in [0.2, 0.25) is 0 Å². The van der Waals surface area contributed by atoms with Crippen molar-refractivity contribution in [1.29, 1.82) is 0 Å². The topological polar surface area (TPSA) is 34.0 Å². The number of amides is 1. The molecule has 4 nitrogen and oxygen atoms in total. The second kappa shape index (κ2) is 9.58. The van der Waals surface area contributed by atoms with Gasteiger partial charge in [0.05, 0.1) is 32.7 Å². The second-order valence-corrected chi connectivity index (χ2v) is 7.25. The lowest BCUT2D eigenvalue weighted by molar-refractivity contribution is -0.898. The van der Waals surface area contributed by atoms with Crippen LogP contribution in [0.2, 0.25) is 5.02 Å². The fraction of sp³-hybridized carbons (Fsp3) is 0.318. The van der Waals surface area contributed by atoms with E-state index in [0.29, 0.717) is 10.8 Å². The lowest BCUT2D eigenvalue weighted by atomic mass is 10.2. The third kappa shape index (κ3) is 5.84. The molecule has 0 unspecified atom stereocenters. The van der Waals surface area contributed by atoms with Crippen LogP contribution in [0.25, 0.3) is 6.08 Å². The molecule has 5 heteroatoms. The lowest BCUT2D eigenvalue weighted by Crippen LogP contribution is -3.14. The molecule has 0 radical (unpaired) electrons. The van der Waals surface area contributed by atoms with E-state index in [1.807, 2.05) is 35.2 Å². The van der Waals surface area contributed by atoms with Crippen LogP contribution in [0.5, 0.6) is 5.75 Å². The predicted molar refractivity (Wildman–Crippen MR) is 109 cm³/mol. The van der Waals surface area contributed by atoms with Crippen molar-refractivity contribution in [3.05, 3.63) is 71.3 Å². The molecule has 1 atom stereocenters. The van der Waals surface area contributed by atoms with Crippen LogP contribution in [0.15, 0.2) is 60.7 Å². The summed E-state index contributed by atoms with van der Waals surface area (Å²) in [4.78, 5) is 16.0. The smallest absolute Gasteiger partial charge is 0.263 e. The summed E-state index contributed by atoms with van der Waals surface area (Å²) in [5, 5.41) is 0.605. The number of carbonyl (C=O) groups excluding carboxylic acids is 1. The molecule has 1 amide bonds. The van der Waals surface area contributed by atoms with E-state index < -0.39 is 6.10 Å². The van der Waals surface area contributed by atoms with Gasteiger partial charge in [-0.2, -0.15) is 0 Å². The Morgan fingerprint density at radius 1 is 1.19 bits per heavy atom. The first-order valence-electron chi connectivity index (χ1n) is 9.38. The van der Waals surface area contributed by atoms with E-state index in [1.165, 1.54) is 10.5 Å². The Hall–Kier alpha value is -2.30. The summed E-state index contributed by atoms with van der Waals surface area (Å²) in [6.45, 7) is 6.20. The molecular weight excluding hydrogens is 360 g/mol. The minimum Gasteiger partial charge on any atom is -0.481 e. The van der Waals surface area contributed by atoms with Gasteiger partial charge < -0.3 is 14.5 Å². The van der Waals surface area contributed by atoms with Crippen LogP contribution in [0.4, 0.5) is 0 Å². The van der Waals surface area contributed by atoms with Gasteiger partial charge in [0.25, 0.3) is 5.91 Å². The maximum absolute atomic E-state index is 12.6. The molecule has 0 saturated carbocycles. The highest BCUT2D eigenvalue weighted by atomic mass is 35.5. The van der Waals surface area contributed by atoms with Crippen molar-refractivity contribution in [3.63, 3.8) is 0 Å². The number of halogens is 1. The van der Waals surface area contributed by atoms with Crippen LogP contribution >= 0.6 is 11.6 Å². The number of carbonyl (C=O) groups is 1. The van der Waals surface area contributed by atoms with Gasteiger partial charge in [-0.05, 0) is 36.8 Å². The Kier molecular flexibility index (Phi) is 6.91. The molecule has 1 aliphatic heterocycles. The molecule has 1 saturated heterocycles. The van der Waals surface area contributed by atoms with E-state index in [4.69, 9.17) is 16.3 Å². The number of nitrogens with zero attached hydrogens (tertiary/aromatic N) is 1. The second-order valence-electron chi connectivity index (χ2n) is 6.81. The zero-order valence-corrected chi connectivity index (χ0v) is 16.4. The van der Waals surface area contributed by atoms with Crippen molar-refractivity contribution in [2.24, 2.45) is 0 Å². The average molecular weight is 386 g/mol.